The van der Waals surface area contributed by atoms with E-state index in [4.69, 9.17) is 4.74 Å². The lowest BCUT2D eigenvalue weighted by Crippen LogP contribution is -2.46. The highest BCUT2D eigenvalue weighted by Crippen LogP contribution is 2.18. The molecule has 1 amide bonds. The van der Waals surface area contributed by atoms with Gasteiger partial charge >= 0.3 is 5.97 Å². The lowest BCUT2D eigenvalue weighted by Gasteiger charge is -2.24. The van der Waals surface area contributed by atoms with E-state index in [9.17, 15) is 19.8 Å². The maximum absolute atomic E-state index is 13.2. The fourth-order valence-electron chi connectivity index (χ4n) is 7.86. The van der Waals surface area contributed by atoms with Crippen molar-refractivity contribution in [3.05, 3.63) is 48.6 Å². The monoisotopic (exact) mass is 842 g/mol. The number of hydrogen-bond acceptors (Lipinski definition) is 5. The van der Waals surface area contributed by atoms with Gasteiger partial charge in [0, 0.05) is 6.42 Å². The molecule has 0 radical (unpaired) electrons. The third-order valence-electron chi connectivity index (χ3n) is 11.8. The Morgan fingerprint density at radius 2 is 0.900 bits per heavy atom. The van der Waals surface area contributed by atoms with Crippen LogP contribution in [0.3, 0.4) is 0 Å². The van der Waals surface area contributed by atoms with Crippen LogP contribution in [0.25, 0.3) is 0 Å². The number of allylic oxidation sites excluding steroid dienone is 8. The molecule has 0 aliphatic heterocycles. The Morgan fingerprint density at radius 1 is 0.500 bits per heavy atom. The topological polar surface area (TPSA) is 95.9 Å². The minimum atomic E-state index is -0.803. The molecule has 0 saturated carbocycles. The summed E-state index contributed by atoms with van der Waals surface area (Å²) in [5.41, 5.74) is 0. The molecule has 0 aromatic carbocycles. The third-order valence-corrected chi connectivity index (χ3v) is 11.8. The molecule has 0 aromatic heterocycles. The number of nitrogens with one attached hydrogen (secondary N) is 1. The van der Waals surface area contributed by atoms with Gasteiger partial charge < -0.3 is 20.3 Å². The van der Waals surface area contributed by atoms with Gasteiger partial charge in [0.15, 0.2) is 0 Å². The van der Waals surface area contributed by atoms with Crippen molar-refractivity contribution < 1.29 is 24.5 Å². The first-order chi connectivity index (χ1) is 29.5. The van der Waals surface area contributed by atoms with Crippen molar-refractivity contribution in [2.24, 2.45) is 0 Å². The molecule has 0 rings (SSSR count). The molecule has 6 heteroatoms. The van der Waals surface area contributed by atoms with E-state index in [1.807, 2.05) is 36.5 Å². The molecule has 0 aliphatic rings. The van der Waals surface area contributed by atoms with Gasteiger partial charge in [-0.05, 0) is 38.5 Å². The standard InChI is InChI=1S/C54H99NO5/c1-4-7-10-13-16-19-22-24-26-27-29-32-35-38-41-44-47-54(59)60-50(45-42-39-36-33-30-21-18-15-12-9-6-3)48-53(58)55-51(49-56)52(57)46-43-40-37-34-31-28-25-23-20-17-14-11-8-5-2/h9,12,15,18,21,30,33,36,50-52,56-57H,4-8,10-11,13-14,16-17,19-20,22-29,31-32,34-35,37-49H2,1-3H3,(H,55,58)/b12-9+,18-15+,30-21-,36-33-. The molecule has 3 N–H and O–H groups in total. The zero-order chi connectivity index (χ0) is 43.8. The van der Waals surface area contributed by atoms with E-state index in [2.05, 4.69) is 38.2 Å². The Morgan fingerprint density at radius 3 is 1.33 bits per heavy atom. The summed E-state index contributed by atoms with van der Waals surface area (Å²) in [6, 6.07) is -0.720. The summed E-state index contributed by atoms with van der Waals surface area (Å²) < 4.78 is 5.89. The number of amides is 1. The van der Waals surface area contributed by atoms with Crippen LogP contribution in [0.2, 0.25) is 0 Å². The number of rotatable bonds is 46. The van der Waals surface area contributed by atoms with Gasteiger partial charge in [0.25, 0.3) is 0 Å². The lowest BCUT2D eigenvalue weighted by molar-refractivity contribution is -0.151. The van der Waals surface area contributed by atoms with E-state index in [1.54, 1.807) is 0 Å². The van der Waals surface area contributed by atoms with Crippen LogP contribution >= 0.6 is 0 Å². The van der Waals surface area contributed by atoms with Gasteiger partial charge in [-0.1, -0.05) is 256 Å². The maximum Gasteiger partial charge on any atom is 0.306 e. The van der Waals surface area contributed by atoms with Gasteiger partial charge in [0.05, 0.1) is 25.2 Å². The Kier molecular flexibility index (Phi) is 46.1. The largest absolute Gasteiger partial charge is 0.462 e. The highest BCUT2D eigenvalue weighted by Gasteiger charge is 2.24. The van der Waals surface area contributed by atoms with E-state index < -0.39 is 18.2 Å². The van der Waals surface area contributed by atoms with Crippen LogP contribution in [0.1, 0.15) is 258 Å². The fraction of sp³-hybridized carbons (Fsp3) is 0.815. The molecule has 3 unspecified atom stereocenters. The molecule has 0 heterocycles. The average Bonchev–Trinajstić information content (AvgIpc) is 3.24. The van der Waals surface area contributed by atoms with Crippen LogP contribution in [0.15, 0.2) is 48.6 Å². The second-order valence-corrected chi connectivity index (χ2v) is 17.6. The van der Waals surface area contributed by atoms with E-state index in [0.717, 1.165) is 57.8 Å². The third kappa shape index (κ3) is 42.5. The first kappa shape index (κ1) is 57.8. The Hall–Kier alpha value is -2.18. The van der Waals surface area contributed by atoms with E-state index in [0.29, 0.717) is 19.3 Å². The fourth-order valence-corrected chi connectivity index (χ4v) is 7.86. The molecule has 6 nitrogen and oxygen atoms in total. The van der Waals surface area contributed by atoms with Crippen LogP contribution in [0, 0.1) is 0 Å². The number of ether oxygens (including phenoxy) is 1. The Balaban J connectivity index is 4.55. The van der Waals surface area contributed by atoms with Crippen molar-refractivity contribution in [3.8, 4) is 0 Å². The second kappa shape index (κ2) is 47.9. The molecule has 60 heavy (non-hydrogen) atoms. The molecular formula is C54H99NO5. The van der Waals surface area contributed by atoms with Gasteiger partial charge in [0.1, 0.15) is 6.10 Å². The molecule has 0 aliphatic carbocycles. The molecule has 0 spiro atoms. The SMILES string of the molecule is CC/C=C/C=C/C=C\C=C/CCCC(CC(=O)NC(CO)C(O)CCCCCCCCCCCCCCCC)OC(=O)CCCCCCCCCCCCCCCCCC. The number of aliphatic hydroxyl groups is 2. The summed E-state index contributed by atoms with van der Waals surface area (Å²) in [7, 11) is 0. The summed E-state index contributed by atoms with van der Waals surface area (Å²) in [6.45, 7) is 6.33. The predicted octanol–water partition coefficient (Wildman–Crippen LogP) is 15.5. The molecule has 0 fully saturated rings. The van der Waals surface area contributed by atoms with Gasteiger partial charge in [-0.25, -0.2) is 0 Å². The molecule has 3 atom stereocenters. The first-order valence-corrected chi connectivity index (χ1v) is 25.9. The predicted molar refractivity (Wildman–Crippen MR) is 259 cm³/mol. The maximum atomic E-state index is 13.2. The van der Waals surface area contributed by atoms with E-state index in [1.165, 1.54) is 154 Å². The molecular weight excluding hydrogens is 743 g/mol. The molecule has 0 saturated heterocycles. The van der Waals surface area contributed by atoms with E-state index in [-0.39, 0.29) is 24.9 Å². The quantitative estimate of drug-likeness (QED) is 0.0322. The smallest absolute Gasteiger partial charge is 0.306 e. The van der Waals surface area contributed by atoms with Gasteiger partial charge in [0.2, 0.25) is 5.91 Å². The number of carbonyl (C=O) groups is 2. The number of hydrogen-bond donors (Lipinski definition) is 3. The van der Waals surface area contributed by atoms with Crippen LogP contribution in [-0.4, -0.2) is 46.9 Å². The van der Waals surface area contributed by atoms with E-state index >= 15 is 0 Å². The lowest BCUT2D eigenvalue weighted by atomic mass is 10.0. The zero-order valence-electron chi connectivity index (χ0n) is 39.8. The van der Waals surface area contributed by atoms with Crippen molar-refractivity contribution in [1.29, 1.82) is 0 Å². The first-order valence-electron chi connectivity index (χ1n) is 25.9. The Bertz CT molecular complexity index is 1040. The highest BCUT2D eigenvalue weighted by molar-refractivity contribution is 5.77. The number of carbonyl (C=O) groups excluding carboxylic acids is 2. The zero-order valence-corrected chi connectivity index (χ0v) is 39.8. The van der Waals surface area contributed by atoms with Gasteiger partial charge in [-0.3, -0.25) is 9.59 Å². The second-order valence-electron chi connectivity index (χ2n) is 17.6. The number of unbranched alkanes of at least 4 members (excludes halogenated alkanes) is 29. The van der Waals surface area contributed by atoms with Crippen molar-refractivity contribution >= 4 is 11.9 Å². The summed E-state index contributed by atoms with van der Waals surface area (Å²) in [5.74, 6) is -0.534. The summed E-state index contributed by atoms with van der Waals surface area (Å²) in [5, 5.41) is 23.7. The van der Waals surface area contributed by atoms with Crippen molar-refractivity contribution in [2.75, 3.05) is 6.61 Å². The van der Waals surface area contributed by atoms with Gasteiger partial charge in [-0.15, -0.1) is 0 Å². The molecule has 350 valence electrons. The minimum Gasteiger partial charge on any atom is -0.462 e. The van der Waals surface area contributed by atoms with Crippen LogP contribution < -0.4 is 5.32 Å². The van der Waals surface area contributed by atoms with Crippen LogP contribution in [-0.2, 0) is 14.3 Å². The minimum absolute atomic E-state index is 0.0342. The van der Waals surface area contributed by atoms with Crippen molar-refractivity contribution in [2.45, 2.75) is 277 Å². The Labute approximate surface area is 372 Å². The summed E-state index contributed by atoms with van der Waals surface area (Å²) in [4.78, 5) is 26.1. The van der Waals surface area contributed by atoms with Crippen LogP contribution in [0.4, 0.5) is 0 Å². The average molecular weight is 842 g/mol. The summed E-state index contributed by atoms with van der Waals surface area (Å²) in [6.07, 6.45) is 57.6. The van der Waals surface area contributed by atoms with Crippen LogP contribution in [0.5, 0.6) is 0 Å². The molecule has 0 bridgehead atoms. The normalized spacial score (nSPS) is 13.6. The number of esters is 1. The van der Waals surface area contributed by atoms with Gasteiger partial charge in [-0.2, -0.15) is 0 Å². The highest BCUT2D eigenvalue weighted by atomic mass is 16.5. The number of aliphatic hydroxyl groups excluding tert-OH is 2. The molecule has 0 aromatic rings. The summed E-state index contributed by atoms with van der Waals surface area (Å²) >= 11 is 0. The van der Waals surface area contributed by atoms with Crippen molar-refractivity contribution in [1.82, 2.24) is 5.32 Å². The van der Waals surface area contributed by atoms with Crippen molar-refractivity contribution in [3.63, 3.8) is 0 Å².